The van der Waals surface area contributed by atoms with Crippen molar-refractivity contribution in [3.05, 3.63) is 69.8 Å². The van der Waals surface area contributed by atoms with Crippen LogP contribution in [0.5, 0.6) is 5.88 Å². The minimum atomic E-state index is -0.478. The van der Waals surface area contributed by atoms with Crippen LogP contribution >= 0.6 is 11.8 Å². The molecule has 4 N–H and O–H groups in total. The molecule has 2 aromatic heterocycles. The normalized spacial score (nSPS) is 15.5. The number of H-pyrrole nitrogens is 1. The van der Waals surface area contributed by atoms with Gasteiger partial charge in [0.1, 0.15) is 0 Å². The number of hydrogen-bond acceptors (Lipinski definition) is 7. The molecule has 1 aromatic carbocycles. The number of amides is 1. The first-order chi connectivity index (χ1) is 14.1. The monoisotopic (exact) mass is 409 g/mol. The zero-order valence-electron chi connectivity index (χ0n) is 15.4. The van der Waals surface area contributed by atoms with Gasteiger partial charge in [0.05, 0.1) is 17.5 Å². The third kappa shape index (κ3) is 4.57. The highest BCUT2D eigenvalue weighted by Crippen LogP contribution is 2.21. The maximum absolute atomic E-state index is 12.4. The number of nitrogens with one attached hydrogen (secondary N) is 2. The van der Waals surface area contributed by atoms with Gasteiger partial charge in [0.25, 0.3) is 11.5 Å². The van der Waals surface area contributed by atoms with E-state index in [-0.39, 0.29) is 12.4 Å². The highest BCUT2D eigenvalue weighted by molar-refractivity contribution is 8.02. The number of thioether (sulfide) groups is 1. The van der Waals surface area contributed by atoms with Crippen LogP contribution in [0.1, 0.15) is 16.2 Å². The van der Waals surface area contributed by atoms with E-state index in [1.165, 1.54) is 6.07 Å². The number of aromatic amines is 1. The van der Waals surface area contributed by atoms with Crippen molar-refractivity contribution in [2.45, 2.75) is 6.54 Å². The van der Waals surface area contributed by atoms with E-state index in [0.717, 1.165) is 11.3 Å². The Balaban J connectivity index is 1.41. The Bertz CT molecular complexity index is 1140. The number of carbonyl (C=O) groups is 1. The SMILES string of the molecule is Nc1ccc2nc(C(=O)NCc3ccnc(OCC4C=CSC4)c3)[nH]c(=O)c2c1. The second kappa shape index (κ2) is 8.36. The number of ether oxygens (including phenoxy) is 1. The number of carbonyl (C=O) groups excluding carboxylic acids is 1. The molecule has 1 unspecified atom stereocenters. The summed E-state index contributed by atoms with van der Waals surface area (Å²) in [5, 5.41) is 5.17. The van der Waals surface area contributed by atoms with Gasteiger partial charge in [-0.1, -0.05) is 6.08 Å². The van der Waals surface area contributed by atoms with E-state index in [4.69, 9.17) is 10.5 Å². The zero-order valence-corrected chi connectivity index (χ0v) is 16.2. The summed E-state index contributed by atoms with van der Waals surface area (Å²) >= 11 is 1.77. The number of aromatic nitrogens is 3. The Hall–Kier alpha value is -3.33. The van der Waals surface area contributed by atoms with Crippen LogP contribution in [0.15, 0.2) is 52.8 Å². The second-order valence-corrected chi connectivity index (χ2v) is 7.55. The van der Waals surface area contributed by atoms with Crippen LogP contribution in [0.3, 0.4) is 0 Å². The van der Waals surface area contributed by atoms with Gasteiger partial charge < -0.3 is 20.8 Å². The molecule has 4 rings (SSSR count). The highest BCUT2D eigenvalue weighted by Gasteiger charge is 2.13. The van der Waals surface area contributed by atoms with E-state index in [9.17, 15) is 9.59 Å². The number of fused-ring (bicyclic) bond motifs is 1. The summed E-state index contributed by atoms with van der Waals surface area (Å²) < 4.78 is 5.74. The average molecular weight is 409 g/mol. The van der Waals surface area contributed by atoms with Crippen molar-refractivity contribution in [2.75, 3.05) is 18.1 Å². The summed E-state index contributed by atoms with van der Waals surface area (Å²) in [6.07, 6.45) is 3.76. The van der Waals surface area contributed by atoms with Crippen molar-refractivity contribution >= 4 is 34.3 Å². The molecule has 1 amide bonds. The van der Waals surface area contributed by atoms with Crippen LogP contribution < -0.4 is 21.3 Å². The molecule has 1 aliphatic heterocycles. The van der Waals surface area contributed by atoms with Crippen molar-refractivity contribution in [3.8, 4) is 5.88 Å². The van der Waals surface area contributed by atoms with Crippen LogP contribution in [0.2, 0.25) is 0 Å². The van der Waals surface area contributed by atoms with Crippen molar-refractivity contribution in [1.29, 1.82) is 0 Å². The molecule has 0 bridgehead atoms. The third-order valence-corrected chi connectivity index (χ3v) is 5.37. The third-order valence-electron chi connectivity index (χ3n) is 4.40. The molecule has 9 heteroatoms. The van der Waals surface area contributed by atoms with Crippen molar-refractivity contribution in [1.82, 2.24) is 20.3 Å². The second-order valence-electron chi connectivity index (χ2n) is 6.61. The summed E-state index contributed by atoms with van der Waals surface area (Å²) in [6, 6.07) is 8.35. The van der Waals surface area contributed by atoms with Gasteiger partial charge in [-0.05, 0) is 35.2 Å². The predicted octanol–water partition coefficient (Wildman–Crippen LogP) is 2.09. The van der Waals surface area contributed by atoms with Gasteiger partial charge in [0.15, 0.2) is 5.82 Å². The van der Waals surface area contributed by atoms with Crippen molar-refractivity contribution in [2.24, 2.45) is 5.92 Å². The Morgan fingerprint density at radius 1 is 1.34 bits per heavy atom. The number of rotatable bonds is 6. The van der Waals surface area contributed by atoms with Crippen LogP contribution in [-0.4, -0.2) is 33.2 Å². The summed E-state index contributed by atoms with van der Waals surface area (Å²) in [5.41, 5.74) is 6.98. The van der Waals surface area contributed by atoms with Gasteiger partial charge in [0.2, 0.25) is 5.88 Å². The van der Waals surface area contributed by atoms with E-state index >= 15 is 0 Å². The molecule has 3 heterocycles. The highest BCUT2D eigenvalue weighted by atomic mass is 32.2. The average Bonchev–Trinajstić information content (AvgIpc) is 3.25. The van der Waals surface area contributed by atoms with E-state index in [2.05, 4.69) is 31.8 Å². The van der Waals surface area contributed by atoms with Gasteiger partial charge in [0, 0.05) is 36.2 Å². The molecule has 1 atom stereocenters. The van der Waals surface area contributed by atoms with Crippen LogP contribution in [0.4, 0.5) is 5.69 Å². The Kier molecular flexibility index (Phi) is 5.48. The number of pyridine rings is 1. The maximum atomic E-state index is 12.4. The summed E-state index contributed by atoms with van der Waals surface area (Å²) in [7, 11) is 0. The molecular formula is C20H19N5O3S. The lowest BCUT2D eigenvalue weighted by molar-refractivity contribution is 0.0940. The van der Waals surface area contributed by atoms with Crippen molar-refractivity contribution < 1.29 is 9.53 Å². The van der Waals surface area contributed by atoms with E-state index in [0.29, 0.717) is 35.0 Å². The Morgan fingerprint density at radius 3 is 3.07 bits per heavy atom. The fourth-order valence-corrected chi connectivity index (χ4v) is 3.77. The molecule has 0 saturated heterocycles. The minimum Gasteiger partial charge on any atom is -0.477 e. The first kappa shape index (κ1) is 19.0. The van der Waals surface area contributed by atoms with E-state index in [1.54, 1.807) is 42.2 Å². The van der Waals surface area contributed by atoms with E-state index < -0.39 is 11.5 Å². The smallest absolute Gasteiger partial charge is 0.287 e. The molecule has 1 aliphatic rings. The number of nitrogens with two attached hydrogens (primary N) is 1. The van der Waals surface area contributed by atoms with Crippen molar-refractivity contribution in [3.63, 3.8) is 0 Å². The lowest BCUT2D eigenvalue weighted by atomic mass is 10.2. The summed E-state index contributed by atoms with van der Waals surface area (Å²) in [6.45, 7) is 0.819. The molecule has 0 fully saturated rings. The fourth-order valence-electron chi connectivity index (χ4n) is 2.87. The zero-order chi connectivity index (χ0) is 20.2. The first-order valence-electron chi connectivity index (χ1n) is 9.02. The van der Waals surface area contributed by atoms with Gasteiger partial charge in [-0.3, -0.25) is 9.59 Å². The lowest BCUT2D eigenvalue weighted by Crippen LogP contribution is -2.27. The largest absolute Gasteiger partial charge is 0.477 e. The maximum Gasteiger partial charge on any atom is 0.287 e. The molecule has 3 aromatic rings. The molecule has 0 spiro atoms. The Labute approximate surface area is 170 Å². The van der Waals surface area contributed by atoms with E-state index in [1.807, 2.05) is 0 Å². The molecule has 0 saturated carbocycles. The molecule has 148 valence electrons. The first-order valence-corrected chi connectivity index (χ1v) is 10.1. The number of benzene rings is 1. The molecule has 0 radical (unpaired) electrons. The number of nitrogen functional groups attached to an aromatic ring is 1. The van der Waals surface area contributed by atoms with Gasteiger partial charge in [-0.25, -0.2) is 9.97 Å². The van der Waals surface area contributed by atoms with Gasteiger partial charge in [-0.15, -0.1) is 11.8 Å². The number of hydrogen-bond donors (Lipinski definition) is 3. The lowest BCUT2D eigenvalue weighted by Gasteiger charge is -2.10. The number of anilines is 1. The predicted molar refractivity (Wildman–Crippen MR) is 113 cm³/mol. The van der Waals surface area contributed by atoms with Gasteiger partial charge in [-0.2, -0.15) is 0 Å². The van der Waals surface area contributed by atoms with Crippen LogP contribution in [0, 0.1) is 5.92 Å². The Morgan fingerprint density at radius 2 is 2.24 bits per heavy atom. The number of nitrogens with zero attached hydrogens (tertiary/aromatic N) is 2. The molecule has 8 nitrogen and oxygen atoms in total. The fraction of sp³-hybridized carbons (Fsp3) is 0.200. The quantitative estimate of drug-likeness (QED) is 0.533. The molecular weight excluding hydrogens is 390 g/mol. The van der Waals surface area contributed by atoms with Gasteiger partial charge >= 0.3 is 0 Å². The summed E-state index contributed by atoms with van der Waals surface area (Å²) in [4.78, 5) is 35.5. The molecule has 0 aliphatic carbocycles. The molecule has 29 heavy (non-hydrogen) atoms. The topological polar surface area (TPSA) is 123 Å². The minimum absolute atomic E-state index is 0.0525. The summed E-state index contributed by atoms with van der Waals surface area (Å²) in [5.74, 6) is 1.38. The van der Waals surface area contributed by atoms with Crippen LogP contribution in [0.25, 0.3) is 10.9 Å². The van der Waals surface area contributed by atoms with Crippen LogP contribution in [-0.2, 0) is 6.54 Å². The standard InChI is InChI=1S/C20H19N5O3S/c21-14-1-2-16-15(8-14)19(26)25-18(24-16)20(27)23-9-12-3-5-22-17(7-12)28-10-13-4-6-29-11-13/h1-8,13H,9-11,21H2,(H,23,27)(H,24,25,26).